The molecule has 1 rings (SSSR count). The number of aliphatic hydroxyl groups is 2. The lowest BCUT2D eigenvalue weighted by molar-refractivity contribution is -0.137. The zero-order valence-electron chi connectivity index (χ0n) is 15.1. The molecule has 0 aromatic heterocycles. The van der Waals surface area contributed by atoms with Gasteiger partial charge in [-0.05, 0) is 25.7 Å². The summed E-state index contributed by atoms with van der Waals surface area (Å²) in [5, 5.41) is 28.7. The Labute approximate surface area is 150 Å². The summed E-state index contributed by atoms with van der Waals surface area (Å²) >= 11 is 0. The fourth-order valence-corrected chi connectivity index (χ4v) is 3.27. The van der Waals surface area contributed by atoms with Gasteiger partial charge in [-0.1, -0.05) is 50.5 Å². The summed E-state index contributed by atoms with van der Waals surface area (Å²) in [5.74, 6) is -0.990. The summed E-state index contributed by atoms with van der Waals surface area (Å²) in [5.41, 5.74) is 0. The third-order valence-electron chi connectivity index (χ3n) is 4.71. The first-order valence-corrected chi connectivity index (χ1v) is 9.39. The minimum Gasteiger partial charge on any atom is -0.481 e. The molecule has 3 N–H and O–H groups in total. The van der Waals surface area contributed by atoms with Gasteiger partial charge in [-0.3, -0.25) is 9.59 Å². The van der Waals surface area contributed by atoms with Gasteiger partial charge < -0.3 is 15.3 Å². The summed E-state index contributed by atoms with van der Waals surface area (Å²) in [6.07, 6.45) is 11.9. The van der Waals surface area contributed by atoms with E-state index in [1.54, 1.807) is 12.2 Å². The third kappa shape index (κ3) is 8.45. The van der Waals surface area contributed by atoms with Crippen molar-refractivity contribution in [3.63, 3.8) is 0 Å². The predicted octanol–water partition coefficient (Wildman–Crippen LogP) is 3.25. The van der Waals surface area contributed by atoms with Crippen LogP contribution in [0.25, 0.3) is 0 Å². The Bertz CT molecular complexity index is 469. The molecule has 1 fully saturated rings. The van der Waals surface area contributed by atoms with Crippen molar-refractivity contribution in [3.05, 3.63) is 24.3 Å². The van der Waals surface area contributed by atoms with Crippen molar-refractivity contribution in [2.75, 3.05) is 0 Å². The highest BCUT2D eigenvalue weighted by Gasteiger charge is 2.39. The van der Waals surface area contributed by atoms with E-state index in [0.717, 1.165) is 25.7 Å². The molecule has 5 nitrogen and oxygen atoms in total. The van der Waals surface area contributed by atoms with E-state index in [1.807, 2.05) is 12.2 Å². The Kier molecular flexibility index (Phi) is 10.3. The van der Waals surface area contributed by atoms with Crippen LogP contribution in [0, 0.1) is 11.8 Å². The highest BCUT2D eigenvalue weighted by atomic mass is 16.4. The molecule has 0 unspecified atom stereocenters. The van der Waals surface area contributed by atoms with Crippen molar-refractivity contribution >= 4 is 11.8 Å². The number of carbonyl (C=O) groups excluding carboxylic acids is 1. The third-order valence-corrected chi connectivity index (χ3v) is 4.71. The molecule has 5 heteroatoms. The van der Waals surface area contributed by atoms with E-state index in [9.17, 15) is 19.8 Å². The Balaban J connectivity index is 2.41. The van der Waals surface area contributed by atoms with Crippen molar-refractivity contribution in [1.82, 2.24) is 0 Å². The van der Waals surface area contributed by atoms with Gasteiger partial charge in [0.1, 0.15) is 5.78 Å². The van der Waals surface area contributed by atoms with Gasteiger partial charge in [0.15, 0.2) is 0 Å². The molecule has 0 heterocycles. The number of aliphatic hydroxyl groups excluding tert-OH is 2. The van der Waals surface area contributed by atoms with Crippen LogP contribution in [0.3, 0.4) is 0 Å². The normalized spacial score (nSPS) is 25.2. The number of ketones is 1. The van der Waals surface area contributed by atoms with Gasteiger partial charge in [0.25, 0.3) is 0 Å². The molecule has 1 saturated carbocycles. The van der Waals surface area contributed by atoms with Gasteiger partial charge in [-0.2, -0.15) is 0 Å². The van der Waals surface area contributed by atoms with Crippen LogP contribution in [0.2, 0.25) is 0 Å². The average Bonchev–Trinajstić information content (AvgIpc) is 2.82. The maximum atomic E-state index is 12.0. The number of carboxylic acids is 1. The van der Waals surface area contributed by atoms with Crippen LogP contribution in [0.15, 0.2) is 24.3 Å². The van der Waals surface area contributed by atoms with Gasteiger partial charge in [-0.15, -0.1) is 0 Å². The summed E-state index contributed by atoms with van der Waals surface area (Å²) in [6, 6.07) is 0. The summed E-state index contributed by atoms with van der Waals surface area (Å²) in [7, 11) is 0. The molecule has 0 radical (unpaired) electrons. The van der Waals surface area contributed by atoms with Crippen molar-refractivity contribution < 1.29 is 24.9 Å². The van der Waals surface area contributed by atoms with Gasteiger partial charge in [0.05, 0.1) is 12.2 Å². The molecule has 0 aromatic carbocycles. The number of allylic oxidation sites excluding steroid dienone is 1. The highest BCUT2D eigenvalue weighted by Crippen LogP contribution is 2.34. The molecule has 0 bridgehead atoms. The summed E-state index contributed by atoms with van der Waals surface area (Å²) < 4.78 is 0. The zero-order chi connectivity index (χ0) is 18.7. The van der Waals surface area contributed by atoms with Crippen molar-refractivity contribution in [2.45, 2.75) is 76.9 Å². The molecule has 0 aliphatic heterocycles. The second-order valence-corrected chi connectivity index (χ2v) is 6.86. The Hall–Kier alpha value is -1.46. The van der Waals surface area contributed by atoms with Crippen molar-refractivity contribution in [1.29, 1.82) is 0 Å². The number of unbranched alkanes of at least 4 members (excludes halogenated alkanes) is 3. The first-order valence-electron chi connectivity index (χ1n) is 9.39. The maximum Gasteiger partial charge on any atom is 0.303 e. The molecule has 4 atom stereocenters. The minimum atomic E-state index is -0.797. The van der Waals surface area contributed by atoms with Crippen LogP contribution >= 0.6 is 0 Å². The molecule has 0 spiro atoms. The first-order chi connectivity index (χ1) is 12.0. The zero-order valence-corrected chi connectivity index (χ0v) is 15.1. The quantitative estimate of drug-likeness (QED) is 0.370. The van der Waals surface area contributed by atoms with Crippen LogP contribution < -0.4 is 0 Å². The monoisotopic (exact) mass is 352 g/mol. The number of Topliss-reactive ketones (excluding diaryl/α,β-unsaturated/α-hetero) is 1. The number of aliphatic carboxylic acids is 1. The summed E-state index contributed by atoms with van der Waals surface area (Å²) in [4.78, 5) is 22.4. The second kappa shape index (κ2) is 12.0. The van der Waals surface area contributed by atoms with E-state index >= 15 is 0 Å². The minimum absolute atomic E-state index is 0.128. The molecule has 0 saturated heterocycles. The highest BCUT2D eigenvalue weighted by molar-refractivity contribution is 5.84. The molecule has 0 aromatic rings. The lowest BCUT2D eigenvalue weighted by Crippen LogP contribution is -2.19. The molecule has 25 heavy (non-hydrogen) atoms. The van der Waals surface area contributed by atoms with E-state index < -0.39 is 18.2 Å². The predicted molar refractivity (Wildman–Crippen MR) is 97.1 cm³/mol. The second-order valence-electron chi connectivity index (χ2n) is 6.86. The first kappa shape index (κ1) is 21.6. The smallest absolute Gasteiger partial charge is 0.303 e. The largest absolute Gasteiger partial charge is 0.481 e. The topological polar surface area (TPSA) is 94.8 Å². The molecule has 0 amide bonds. The van der Waals surface area contributed by atoms with Crippen LogP contribution in [0.5, 0.6) is 0 Å². The van der Waals surface area contributed by atoms with E-state index in [0.29, 0.717) is 19.3 Å². The van der Waals surface area contributed by atoms with E-state index in [1.165, 1.54) is 0 Å². The van der Waals surface area contributed by atoms with E-state index in [2.05, 4.69) is 6.92 Å². The standard InChI is InChI=1S/C20H32O5/c1-2-3-6-10-16-17(19(23)14-18(16)22)13-12-15(21)9-7-4-5-8-11-20(24)25/h4,7,12-13,15-17,19,21,23H,2-3,5-6,8-11,14H2,1H3,(H,24,25)/b7-4-,13-12+/t15-,16+,17-,19-/m1/s1. The van der Waals surface area contributed by atoms with E-state index in [-0.39, 0.29) is 30.5 Å². The Morgan fingerprint density at radius 3 is 2.72 bits per heavy atom. The van der Waals surface area contributed by atoms with Gasteiger partial charge in [-0.25, -0.2) is 0 Å². The lowest BCUT2D eigenvalue weighted by atomic mass is 9.88. The summed E-state index contributed by atoms with van der Waals surface area (Å²) in [6.45, 7) is 2.12. The van der Waals surface area contributed by atoms with Crippen LogP contribution in [-0.2, 0) is 9.59 Å². The average molecular weight is 352 g/mol. The molecular weight excluding hydrogens is 320 g/mol. The SMILES string of the molecule is CCCCC[C@@H]1C(=O)C[C@@H](O)[C@@H]1/C=C/[C@H](O)C/C=C\CCCC(=O)O. The van der Waals surface area contributed by atoms with Gasteiger partial charge >= 0.3 is 5.97 Å². The molecule has 142 valence electrons. The number of carbonyl (C=O) groups is 2. The fraction of sp³-hybridized carbons (Fsp3) is 0.700. The van der Waals surface area contributed by atoms with Gasteiger partial charge in [0, 0.05) is 24.7 Å². The number of rotatable bonds is 12. The number of hydrogen-bond acceptors (Lipinski definition) is 4. The maximum absolute atomic E-state index is 12.0. The van der Waals surface area contributed by atoms with Crippen molar-refractivity contribution in [3.8, 4) is 0 Å². The Morgan fingerprint density at radius 2 is 2.04 bits per heavy atom. The molecule has 1 aliphatic carbocycles. The molecule has 1 aliphatic rings. The van der Waals surface area contributed by atoms with Crippen molar-refractivity contribution in [2.24, 2.45) is 11.8 Å². The number of hydrogen-bond donors (Lipinski definition) is 3. The van der Waals surface area contributed by atoms with Crippen LogP contribution in [0.4, 0.5) is 0 Å². The van der Waals surface area contributed by atoms with E-state index in [4.69, 9.17) is 5.11 Å². The lowest BCUT2D eigenvalue weighted by Gasteiger charge is -2.17. The van der Waals surface area contributed by atoms with Crippen LogP contribution in [0.1, 0.15) is 64.7 Å². The van der Waals surface area contributed by atoms with Gasteiger partial charge in [0.2, 0.25) is 0 Å². The van der Waals surface area contributed by atoms with Crippen LogP contribution in [-0.4, -0.2) is 39.3 Å². The molecular formula is C20H32O5. The Morgan fingerprint density at radius 1 is 1.28 bits per heavy atom. The fourth-order valence-electron chi connectivity index (χ4n) is 3.27. The number of carboxylic acid groups (broad SMARTS) is 1.